The van der Waals surface area contributed by atoms with Gasteiger partial charge in [-0.25, -0.2) is 0 Å². The van der Waals surface area contributed by atoms with Gasteiger partial charge in [-0.3, -0.25) is 4.90 Å². The van der Waals surface area contributed by atoms with Gasteiger partial charge in [-0.1, -0.05) is 13.8 Å². The maximum Gasteiger partial charge on any atom is 0.0314 e. The largest absolute Gasteiger partial charge is 0.326 e. The molecule has 1 unspecified atom stereocenters. The van der Waals surface area contributed by atoms with Gasteiger partial charge in [-0.05, 0) is 60.7 Å². The molecule has 0 aliphatic carbocycles. The number of thiophene rings is 1. The van der Waals surface area contributed by atoms with Gasteiger partial charge in [-0.2, -0.15) is 0 Å². The highest BCUT2D eigenvalue weighted by Crippen LogP contribution is 2.27. The van der Waals surface area contributed by atoms with Crippen molar-refractivity contribution in [3.8, 4) is 0 Å². The summed E-state index contributed by atoms with van der Waals surface area (Å²) in [6, 6.07) is 2.24. The fraction of sp³-hybridized carbons (Fsp3) is 0.692. The second kappa shape index (κ2) is 6.32. The van der Waals surface area contributed by atoms with E-state index in [1.165, 1.54) is 9.35 Å². The molecule has 1 aromatic rings. The third-order valence-electron chi connectivity index (χ3n) is 3.58. The Morgan fingerprint density at radius 2 is 2.00 bits per heavy atom. The normalized spacial score (nSPS) is 14.3. The molecule has 0 radical (unpaired) electrons. The maximum atomic E-state index is 6.41. The lowest BCUT2D eigenvalue weighted by molar-refractivity contribution is 0.107. The van der Waals surface area contributed by atoms with E-state index in [1.54, 1.807) is 11.3 Å². The average molecular weight is 319 g/mol. The highest BCUT2D eigenvalue weighted by atomic mass is 79.9. The molecule has 17 heavy (non-hydrogen) atoms. The van der Waals surface area contributed by atoms with Crippen LogP contribution in [0.5, 0.6) is 0 Å². The van der Waals surface area contributed by atoms with Crippen LogP contribution in [-0.2, 0) is 6.42 Å². The second-order valence-corrected chi connectivity index (χ2v) is 6.68. The van der Waals surface area contributed by atoms with Crippen molar-refractivity contribution < 1.29 is 0 Å². The number of hydrogen-bond donors (Lipinski definition) is 1. The van der Waals surface area contributed by atoms with Gasteiger partial charge in [0, 0.05) is 20.9 Å². The van der Waals surface area contributed by atoms with Gasteiger partial charge in [0.05, 0.1) is 0 Å². The van der Waals surface area contributed by atoms with Crippen LogP contribution in [0.25, 0.3) is 0 Å². The van der Waals surface area contributed by atoms with Gasteiger partial charge < -0.3 is 5.73 Å². The van der Waals surface area contributed by atoms with Crippen LogP contribution in [0.2, 0.25) is 0 Å². The molecule has 1 atom stereocenters. The van der Waals surface area contributed by atoms with Crippen LogP contribution in [0, 0.1) is 0 Å². The number of halogens is 1. The highest BCUT2D eigenvalue weighted by molar-refractivity contribution is 9.10. The number of hydrogen-bond acceptors (Lipinski definition) is 3. The van der Waals surface area contributed by atoms with Gasteiger partial charge in [-0.15, -0.1) is 11.3 Å². The van der Waals surface area contributed by atoms with Crippen molar-refractivity contribution in [2.24, 2.45) is 5.73 Å². The third kappa shape index (κ3) is 3.53. The molecule has 0 aromatic carbocycles. The van der Waals surface area contributed by atoms with Crippen LogP contribution in [0.4, 0.5) is 0 Å². The topological polar surface area (TPSA) is 29.3 Å². The maximum absolute atomic E-state index is 6.41. The Balaban J connectivity index is 2.75. The van der Waals surface area contributed by atoms with Crippen LogP contribution in [0.3, 0.4) is 0 Å². The molecule has 0 spiro atoms. The van der Waals surface area contributed by atoms with E-state index in [2.05, 4.69) is 60.0 Å². The molecule has 2 N–H and O–H groups in total. The van der Waals surface area contributed by atoms with Gasteiger partial charge in [0.2, 0.25) is 0 Å². The van der Waals surface area contributed by atoms with Crippen LogP contribution < -0.4 is 5.73 Å². The molecule has 0 bridgehead atoms. The van der Waals surface area contributed by atoms with Crippen molar-refractivity contribution >= 4 is 27.3 Å². The van der Waals surface area contributed by atoms with E-state index >= 15 is 0 Å². The van der Waals surface area contributed by atoms with Crippen LogP contribution in [-0.4, -0.2) is 29.6 Å². The van der Waals surface area contributed by atoms with Gasteiger partial charge in [0.15, 0.2) is 0 Å². The second-order valence-electron chi connectivity index (χ2n) is 4.83. The first kappa shape index (κ1) is 15.2. The SMILES string of the molecule is CCN(CC)C(C)(C)C(N)Cc1sccc1Br. The van der Waals surface area contributed by atoms with Gasteiger partial charge in [0.1, 0.15) is 0 Å². The smallest absolute Gasteiger partial charge is 0.0314 e. The predicted octanol–water partition coefficient (Wildman–Crippen LogP) is 3.50. The molecule has 0 saturated heterocycles. The fourth-order valence-electron chi connectivity index (χ4n) is 2.19. The summed E-state index contributed by atoms with van der Waals surface area (Å²) in [4.78, 5) is 3.77. The Labute approximate surface area is 117 Å². The summed E-state index contributed by atoms with van der Waals surface area (Å²) in [5, 5.41) is 2.11. The molecular formula is C13H23BrN2S. The zero-order valence-corrected chi connectivity index (χ0v) is 13.6. The van der Waals surface area contributed by atoms with E-state index in [1.807, 2.05) is 0 Å². The monoisotopic (exact) mass is 318 g/mol. The molecule has 98 valence electrons. The number of rotatable bonds is 6. The summed E-state index contributed by atoms with van der Waals surface area (Å²) in [6.45, 7) is 11.0. The lowest BCUT2D eigenvalue weighted by Gasteiger charge is -2.41. The third-order valence-corrected chi connectivity index (χ3v) is 5.53. The van der Waals surface area contributed by atoms with Crippen molar-refractivity contribution in [2.75, 3.05) is 13.1 Å². The van der Waals surface area contributed by atoms with Crippen LogP contribution in [0.1, 0.15) is 32.6 Å². The predicted molar refractivity (Wildman–Crippen MR) is 80.7 cm³/mol. The van der Waals surface area contributed by atoms with Gasteiger partial charge in [0.25, 0.3) is 0 Å². The Hall–Kier alpha value is 0.100. The first-order valence-electron chi connectivity index (χ1n) is 6.15. The molecule has 0 saturated carbocycles. The van der Waals surface area contributed by atoms with Crippen molar-refractivity contribution in [1.82, 2.24) is 4.90 Å². The number of nitrogens with two attached hydrogens (primary N) is 1. The van der Waals surface area contributed by atoms with Crippen molar-refractivity contribution in [3.05, 3.63) is 20.8 Å². The summed E-state index contributed by atoms with van der Waals surface area (Å²) in [5.41, 5.74) is 6.44. The van der Waals surface area contributed by atoms with Crippen molar-refractivity contribution in [2.45, 2.75) is 45.7 Å². The quantitative estimate of drug-likeness (QED) is 0.869. The molecule has 0 fully saturated rings. The summed E-state index contributed by atoms with van der Waals surface area (Å²) in [7, 11) is 0. The van der Waals surface area contributed by atoms with E-state index in [0.717, 1.165) is 19.5 Å². The summed E-state index contributed by atoms with van der Waals surface area (Å²) in [5.74, 6) is 0. The molecule has 2 nitrogen and oxygen atoms in total. The zero-order chi connectivity index (χ0) is 13.1. The van der Waals surface area contributed by atoms with Gasteiger partial charge >= 0.3 is 0 Å². The lowest BCUT2D eigenvalue weighted by atomic mass is 9.90. The zero-order valence-electron chi connectivity index (χ0n) is 11.2. The molecular weight excluding hydrogens is 296 g/mol. The molecule has 0 aliphatic heterocycles. The summed E-state index contributed by atoms with van der Waals surface area (Å²) >= 11 is 5.35. The fourth-order valence-corrected chi connectivity index (χ4v) is 3.77. The number of likely N-dealkylation sites (N-methyl/N-ethyl adjacent to an activating group) is 1. The molecule has 1 aromatic heterocycles. The standard InChI is InChI=1S/C13H23BrN2S/c1-5-16(6-2)13(3,4)12(15)9-11-10(14)7-8-17-11/h7-8,12H,5-6,9,15H2,1-4H3. The van der Waals surface area contributed by atoms with Crippen molar-refractivity contribution in [1.29, 1.82) is 0 Å². The average Bonchev–Trinajstić information content (AvgIpc) is 2.65. The Morgan fingerprint density at radius 3 is 2.41 bits per heavy atom. The minimum Gasteiger partial charge on any atom is -0.326 e. The van der Waals surface area contributed by atoms with E-state index in [0.29, 0.717) is 0 Å². The molecule has 1 rings (SSSR count). The van der Waals surface area contributed by atoms with E-state index < -0.39 is 0 Å². The molecule has 0 amide bonds. The van der Waals surface area contributed by atoms with E-state index in [9.17, 15) is 0 Å². The summed E-state index contributed by atoms with van der Waals surface area (Å²) in [6.07, 6.45) is 0.932. The first-order valence-corrected chi connectivity index (χ1v) is 7.83. The molecule has 4 heteroatoms. The molecule has 0 aliphatic rings. The van der Waals surface area contributed by atoms with E-state index in [4.69, 9.17) is 5.73 Å². The Bertz CT molecular complexity index is 345. The number of nitrogens with zero attached hydrogens (tertiary/aromatic N) is 1. The Kier molecular flexibility index (Phi) is 5.64. The lowest BCUT2D eigenvalue weighted by Crippen LogP contribution is -2.56. The Morgan fingerprint density at radius 1 is 1.41 bits per heavy atom. The van der Waals surface area contributed by atoms with E-state index in [-0.39, 0.29) is 11.6 Å². The first-order chi connectivity index (χ1) is 7.93. The molecule has 1 heterocycles. The van der Waals surface area contributed by atoms with Crippen LogP contribution in [0.15, 0.2) is 15.9 Å². The van der Waals surface area contributed by atoms with Crippen LogP contribution >= 0.6 is 27.3 Å². The van der Waals surface area contributed by atoms with Crippen molar-refractivity contribution in [3.63, 3.8) is 0 Å². The summed E-state index contributed by atoms with van der Waals surface area (Å²) < 4.78 is 1.19. The minimum atomic E-state index is 0.0347. The minimum absolute atomic E-state index is 0.0347. The highest BCUT2D eigenvalue weighted by Gasteiger charge is 2.31.